The third-order valence-corrected chi connectivity index (χ3v) is 4.90. The van der Waals surface area contributed by atoms with Gasteiger partial charge < -0.3 is 9.80 Å². The summed E-state index contributed by atoms with van der Waals surface area (Å²) in [7, 11) is 4.02. The van der Waals surface area contributed by atoms with Gasteiger partial charge >= 0.3 is 0 Å². The van der Waals surface area contributed by atoms with Gasteiger partial charge in [-0.15, -0.1) is 0 Å². The van der Waals surface area contributed by atoms with Gasteiger partial charge in [-0.3, -0.25) is 4.79 Å². The van der Waals surface area contributed by atoms with Crippen LogP contribution in [0, 0.1) is 5.82 Å². The Morgan fingerprint density at radius 3 is 2.40 bits per heavy atom. The standard InChI is InChI=1S/C21H19FN2O/c1-23-12-15-9-16(13-25)18-5-3-4-6-19(18)21(15)24(2)11-14-10-17(22)7-8-20(14)23/h3-10,13H,11-12H2,1-2H3. The van der Waals surface area contributed by atoms with Crippen LogP contribution >= 0.6 is 0 Å². The summed E-state index contributed by atoms with van der Waals surface area (Å²) in [5.41, 5.74) is 4.87. The van der Waals surface area contributed by atoms with E-state index in [9.17, 15) is 9.18 Å². The second-order valence-corrected chi connectivity index (χ2v) is 6.62. The zero-order chi connectivity index (χ0) is 17.6. The maximum atomic E-state index is 13.8. The molecule has 3 aromatic rings. The lowest BCUT2D eigenvalue weighted by molar-refractivity contribution is 0.112. The van der Waals surface area contributed by atoms with Gasteiger partial charge in [0.15, 0.2) is 6.29 Å². The molecule has 0 atom stereocenters. The number of fused-ring (bicyclic) bond motifs is 4. The molecule has 0 spiro atoms. The van der Waals surface area contributed by atoms with Gasteiger partial charge in [-0.25, -0.2) is 4.39 Å². The van der Waals surface area contributed by atoms with E-state index < -0.39 is 0 Å². The van der Waals surface area contributed by atoms with Crippen molar-refractivity contribution in [3.05, 3.63) is 71.0 Å². The fraction of sp³-hybridized carbons (Fsp3) is 0.190. The zero-order valence-electron chi connectivity index (χ0n) is 14.3. The van der Waals surface area contributed by atoms with Crippen LogP contribution in [0.25, 0.3) is 10.8 Å². The molecule has 4 heteroatoms. The van der Waals surface area contributed by atoms with E-state index in [1.165, 1.54) is 6.07 Å². The Morgan fingerprint density at radius 1 is 0.920 bits per heavy atom. The van der Waals surface area contributed by atoms with Crippen molar-refractivity contribution >= 4 is 28.4 Å². The van der Waals surface area contributed by atoms with Crippen LogP contribution in [-0.2, 0) is 13.1 Å². The van der Waals surface area contributed by atoms with Crippen LogP contribution in [0.1, 0.15) is 21.5 Å². The van der Waals surface area contributed by atoms with Crippen LogP contribution in [0.15, 0.2) is 48.5 Å². The molecule has 4 rings (SSSR count). The monoisotopic (exact) mass is 334 g/mol. The lowest BCUT2D eigenvalue weighted by Crippen LogP contribution is -2.27. The van der Waals surface area contributed by atoms with Crippen LogP contribution in [-0.4, -0.2) is 20.4 Å². The molecule has 0 saturated heterocycles. The summed E-state index contributed by atoms with van der Waals surface area (Å²) in [4.78, 5) is 15.9. The highest BCUT2D eigenvalue weighted by Gasteiger charge is 2.21. The number of hydrogen-bond acceptors (Lipinski definition) is 3. The Morgan fingerprint density at radius 2 is 1.64 bits per heavy atom. The highest BCUT2D eigenvalue weighted by Crippen LogP contribution is 2.37. The summed E-state index contributed by atoms with van der Waals surface area (Å²) < 4.78 is 13.8. The Kier molecular flexibility index (Phi) is 3.68. The quantitative estimate of drug-likeness (QED) is 0.617. The summed E-state index contributed by atoms with van der Waals surface area (Å²) >= 11 is 0. The minimum Gasteiger partial charge on any atom is -0.370 e. The Bertz CT molecular complexity index is 983. The molecular formula is C21H19FN2O. The number of carbonyl (C=O) groups is 1. The van der Waals surface area contributed by atoms with Crippen molar-refractivity contribution in [3.63, 3.8) is 0 Å². The number of anilines is 2. The summed E-state index contributed by atoms with van der Waals surface area (Å²) in [6.07, 6.45) is 0.921. The molecule has 1 heterocycles. The molecule has 0 N–H and O–H groups in total. The fourth-order valence-corrected chi connectivity index (χ4v) is 3.85. The molecule has 126 valence electrons. The number of nitrogens with zero attached hydrogens (tertiary/aromatic N) is 2. The summed E-state index contributed by atoms with van der Waals surface area (Å²) in [6.45, 7) is 1.26. The Hall–Kier alpha value is -2.88. The molecule has 0 saturated carbocycles. The minimum absolute atomic E-state index is 0.220. The molecule has 0 aromatic heterocycles. The van der Waals surface area contributed by atoms with Gasteiger partial charge in [0.05, 0.1) is 0 Å². The van der Waals surface area contributed by atoms with E-state index in [4.69, 9.17) is 0 Å². The van der Waals surface area contributed by atoms with Crippen molar-refractivity contribution in [2.75, 3.05) is 23.9 Å². The van der Waals surface area contributed by atoms with Crippen molar-refractivity contribution in [2.24, 2.45) is 0 Å². The fourth-order valence-electron chi connectivity index (χ4n) is 3.85. The zero-order valence-corrected chi connectivity index (χ0v) is 14.3. The lowest BCUT2D eigenvalue weighted by atomic mass is 9.96. The summed E-state index contributed by atoms with van der Waals surface area (Å²) in [5.74, 6) is -0.220. The van der Waals surface area contributed by atoms with Crippen LogP contribution in [0.4, 0.5) is 15.8 Å². The average Bonchev–Trinajstić information content (AvgIpc) is 2.59. The number of aldehydes is 1. The van der Waals surface area contributed by atoms with Crippen LogP contribution in [0.3, 0.4) is 0 Å². The molecule has 1 aliphatic rings. The van der Waals surface area contributed by atoms with E-state index in [2.05, 4.69) is 9.80 Å². The third-order valence-electron chi connectivity index (χ3n) is 4.90. The SMILES string of the molecule is CN1Cc2cc(C=O)c3ccccc3c2N(C)Cc2cc(F)ccc21. The van der Waals surface area contributed by atoms with E-state index in [-0.39, 0.29) is 5.82 Å². The van der Waals surface area contributed by atoms with Gasteiger partial charge in [0.1, 0.15) is 5.82 Å². The topological polar surface area (TPSA) is 23.6 Å². The van der Waals surface area contributed by atoms with E-state index in [0.29, 0.717) is 18.7 Å². The summed E-state index contributed by atoms with van der Waals surface area (Å²) in [6, 6.07) is 14.9. The van der Waals surface area contributed by atoms with Crippen LogP contribution < -0.4 is 9.80 Å². The van der Waals surface area contributed by atoms with Crippen molar-refractivity contribution in [1.82, 2.24) is 0 Å². The molecule has 25 heavy (non-hydrogen) atoms. The molecule has 0 bridgehead atoms. The minimum atomic E-state index is -0.220. The maximum Gasteiger partial charge on any atom is 0.150 e. The molecule has 1 aliphatic heterocycles. The first-order chi connectivity index (χ1) is 12.1. The summed E-state index contributed by atoms with van der Waals surface area (Å²) in [5, 5.41) is 2.00. The number of halogens is 1. The first kappa shape index (κ1) is 15.6. The first-order valence-corrected chi connectivity index (χ1v) is 8.29. The van der Waals surface area contributed by atoms with Gasteiger partial charge in [-0.1, -0.05) is 24.3 Å². The highest BCUT2D eigenvalue weighted by atomic mass is 19.1. The average molecular weight is 334 g/mol. The Labute approximate surface area is 146 Å². The predicted octanol–water partition coefficient (Wildman–Crippen LogP) is 4.38. The predicted molar refractivity (Wildman–Crippen MR) is 99.9 cm³/mol. The van der Waals surface area contributed by atoms with Gasteiger partial charge in [0.25, 0.3) is 0 Å². The molecule has 3 nitrogen and oxygen atoms in total. The molecule has 0 aliphatic carbocycles. The van der Waals surface area contributed by atoms with E-state index in [1.54, 1.807) is 6.07 Å². The van der Waals surface area contributed by atoms with Crippen molar-refractivity contribution < 1.29 is 9.18 Å². The van der Waals surface area contributed by atoms with Crippen molar-refractivity contribution in [2.45, 2.75) is 13.1 Å². The van der Waals surface area contributed by atoms with E-state index in [0.717, 1.165) is 39.6 Å². The third kappa shape index (κ3) is 2.54. The second-order valence-electron chi connectivity index (χ2n) is 6.62. The van der Waals surface area contributed by atoms with Gasteiger partial charge in [0.2, 0.25) is 0 Å². The molecule has 3 aromatic carbocycles. The van der Waals surface area contributed by atoms with Crippen LogP contribution in [0.5, 0.6) is 0 Å². The van der Waals surface area contributed by atoms with E-state index >= 15 is 0 Å². The number of benzene rings is 3. The number of rotatable bonds is 1. The molecule has 0 unspecified atom stereocenters. The molecule has 0 amide bonds. The van der Waals surface area contributed by atoms with Gasteiger partial charge in [-0.05, 0) is 40.8 Å². The van der Waals surface area contributed by atoms with Gasteiger partial charge in [-0.2, -0.15) is 0 Å². The maximum absolute atomic E-state index is 13.8. The smallest absolute Gasteiger partial charge is 0.150 e. The lowest BCUT2D eigenvalue weighted by Gasteiger charge is -2.33. The van der Waals surface area contributed by atoms with Crippen molar-refractivity contribution in [1.29, 1.82) is 0 Å². The molecule has 0 radical (unpaired) electrons. The van der Waals surface area contributed by atoms with Gasteiger partial charge in [0, 0.05) is 49.5 Å². The number of hydrogen-bond donors (Lipinski definition) is 0. The Balaban J connectivity index is 1.97. The normalized spacial score (nSPS) is 13.9. The van der Waals surface area contributed by atoms with Crippen LogP contribution in [0.2, 0.25) is 0 Å². The second kappa shape index (κ2) is 5.88. The number of carbonyl (C=O) groups excluding carboxylic acids is 1. The largest absolute Gasteiger partial charge is 0.370 e. The highest BCUT2D eigenvalue weighted by molar-refractivity contribution is 6.05. The van der Waals surface area contributed by atoms with E-state index in [1.807, 2.05) is 50.5 Å². The molecule has 0 fully saturated rings. The van der Waals surface area contributed by atoms with Crippen molar-refractivity contribution in [3.8, 4) is 0 Å². The molecular weight excluding hydrogens is 315 g/mol. The first-order valence-electron chi connectivity index (χ1n) is 8.29.